The number of nitrogens with zero attached hydrogens (tertiary/aromatic N) is 3. The highest BCUT2D eigenvalue weighted by atomic mass is 127. The van der Waals surface area contributed by atoms with Crippen LogP contribution in [0.25, 0.3) is 0 Å². The second-order valence-electron chi connectivity index (χ2n) is 4.47. The third-order valence-corrected chi connectivity index (χ3v) is 3.13. The minimum absolute atomic E-state index is 0. The van der Waals surface area contributed by atoms with Crippen molar-refractivity contribution < 1.29 is 4.42 Å². The lowest BCUT2D eigenvalue weighted by atomic mass is 10.1. The van der Waals surface area contributed by atoms with Crippen molar-refractivity contribution in [1.82, 2.24) is 9.88 Å². The fourth-order valence-corrected chi connectivity index (χ4v) is 1.98. The molecule has 5 nitrogen and oxygen atoms in total. The van der Waals surface area contributed by atoms with Gasteiger partial charge in [-0.15, -0.1) is 24.0 Å². The van der Waals surface area contributed by atoms with Crippen LogP contribution in [0.2, 0.25) is 0 Å². The maximum Gasteiger partial charge on any atom is 0.216 e. The van der Waals surface area contributed by atoms with Gasteiger partial charge in [-0.1, -0.05) is 0 Å². The number of guanidine groups is 1. The van der Waals surface area contributed by atoms with Gasteiger partial charge in [-0.05, 0) is 33.1 Å². The molecule has 102 valence electrons. The van der Waals surface area contributed by atoms with Crippen LogP contribution < -0.4 is 5.73 Å². The number of aryl methyl sites for hydroxylation is 2. The van der Waals surface area contributed by atoms with Crippen molar-refractivity contribution in [2.24, 2.45) is 10.7 Å². The Morgan fingerprint density at radius 3 is 2.56 bits per heavy atom. The maximum absolute atomic E-state index is 5.95. The summed E-state index contributed by atoms with van der Waals surface area (Å²) in [6, 6.07) is 0. The molecular weight excluding hydrogens is 343 g/mol. The molecule has 0 amide bonds. The number of piperidine rings is 1. The van der Waals surface area contributed by atoms with Gasteiger partial charge in [-0.3, -0.25) is 0 Å². The van der Waals surface area contributed by atoms with Crippen molar-refractivity contribution in [1.29, 1.82) is 0 Å². The van der Waals surface area contributed by atoms with E-state index in [2.05, 4.69) is 14.9 Å². The number of halogens is 1. The number of likely N-dealkylation sites (tertiary alicyclic amines) is 1. The molecule has 1 fully saturated rings. The van der Waals surface area contributed by atoms with E-state index in [0.29, 0.717) is 18.4 Å². The van der Waals surface area contributed by atoms with Gasteiger partial charge in [-0.2, -0.15) is 0 Å². The highest BCUT2D eigenvalue weighted by Gasteiger charge is 2.12. The Morgan fingerprint density at radius 2 is 2.00 bits per heavy atom. The van der Waals surface area contributed by atoms with Gasteiger partial charge in [0.1, 0.15) is 12.3 Å². The van der Waals surface area contributed by atoms with Crippen LogP contribution in [0, 0.1) is 13.8 Å². The number of nitrogens with two attached hydrogens (primary N) is 1. The topological polar surface area (TPSA) is 67.7 Å². The van der Waals surface area contributed by atoms with Gasteiger partial charge < -0.3 is 15.1 Å². The number of rotatable bonds is 2. The molecule has 0 aliphatic carbocycles. The minimum atomic E-state index is 0. The van der Waals surface area contributed by atoms with E-state index in [1.54, 1.807) is 0 Å². The largest absolute Gasteiger partial charge is 0.444 e. The Bertz CT molecular complexity index is 391. The van der Waals surface area contributed by atoms with Crippen LogP contribution in [0.15, 0.2) is 9.41 Å². The molecule has 2 N–H and O–H groups in total. The fraction of sp³-hybridized carbons (Fsp3) is 0.667. The minimum Gasteiger partial charge on any atom is -0.444 e. The lowest BCUT2D eigenvalue weighted by Gasteiger charge is -2.27. The van der Waals surface area contributed by atoms with Gasteiger partial charge in [0.2, 0.25) is 5.89 Å². The number of oxazole rings is 1. The number of hydrogen-bond acceptors (Lipinski definition) is 3. The summed E-state index contributed by atoms with van der Waals surface area (Å²) in [5, 5.41) is 0. The highest BCUT2D eigenvalue weighted by Crippen LogP contribution is 2.10. The maximum atomic E-state index is 5.95. The monoisotopic (exact) mass is 364 g/mol. The zero-order valence-corrected chi connectivity index (χ0v) is 13.3. The lowest BCUT2D eigenvalue weighted by Crippen LogP contribution is -2.40. The molecule has 6 heteroatoms. The first-order valence-corrected chi connectivity index (χ1v) is 6.14. The van der Waals surface area contributed by atoms with E-state index in [1.807, 2.05) is 13.8 Å². The molecule has 0 bridgehead atoms. The molecule has 0 aromatic carbocycles. The molecule has 0 radical (unpaired) electrons. The van der Waals surface area contributed by atoms with Crippen molar-refractivity contribution in [3.8, 4) is 0 Å². The van der Waals surface area contributed by atoms with Crippen LogP contribution in [0.5, 0.6) is 0 Å². The summed E-state index contributed by atoms with van der Waals surface area (Å²) in [6.45, 7) is 6.29. The van der Waals surface area contributed by atoms with E-state index < -0.39 is 0 Å². The van der Waals surface area contributed by atoms with Crippen molar-refractivity contribution in [2.75, 3.05) is 13.1 Å². The summed E-state index contributed by atoms with van der Waals surface area (Å²) in [5.41, 5.74) is 6.87. The first-order valence-electron chi connectivity index (χ1n) is 6.14. The second kappa shape index (κ2) is 6.96. The van der Waals surface area contributed by atoms with Crippen LogP contribution in [0.4, 0.5) is 0 Å². The van der Waals surface area contributed by atoms with Gasteiger partial charge >= 0.3 is 0 Å². The van der Waals surface area contributed by atoms with Crippen LogP contribution in [0.1, 0.15) is 36.6 Å². The van der Waals surface area contributed by atoms with Crippen molar-refractivity contribution in [3.05, 3.63) is 17.3 Å². The van der Waals surface area contributed by atoms with E-state index in [4.69, 9.17) is 10.2 Å². The van der Waals surface area contributed by atoms with Crippen LogP contribution >= 0.6 is 24.0 Å². The van der Waals surface area contributed by atoms with Crippen molar-refractivity contribution in [2.45, 2.75) is 39.7 Å². The Kier molecular flexibility index (Phi) is 5.90. The molecule has 0 saturated carbocycles. The number of aliphatic imine (C=N–C) groups is 1. The molecule has 2 heterocycles. The summed E-state index contributed by atoms with van der Waals surface area (Å²) in [7, 11) is 0. The zero-order chi connectivity index (χ0) is 12.3. The molecule has 1 saturated heterocycles. The average Bonchev–Trinajstić information content (AvgIpc) is 2.67. The third-order valence-electron chi connectivity index (χ3n) is 3.13. The van der Waals surface area contributed by atoms with Gasteiger partial charge in [-0.25, -0.2) is 9.98 Å². The van der Waals surface area contributed by atoms with E-state index in [0.717, 1.165) is 24.5 Å². The zero-order valence-electron chi connectivity index (χ0n) is 11.0. The molecule has 1 aromatic heterocycles. The third kappa shape index (κ3) is 3.86. The van der Waals surface area contributed by atoms with Gasteiger partial charge in [0.15, 0.2) is 5.96 Å². The first-order chi connectivity index (χ1) is 8.16. The van der Waals surface area contributed by atoms with Crippen molar-refractivity contribution in [3.63, 3.8) is 0 Å². The quantitative estimate of drug-likeness (QED) is 0.496. The molecule has 0 spiro atoms. The lowest BCUT2D eigenvalue weighted by molar-refractivity contribution is 0.337. The molecule has 0 unspecified atom stereocenters. The summed E-state index contributed by atoms with van der Waals surface area (Å²) in [4.78, 5) is 10.7. The Hall–Kier alpha value is -0.790. The molecule has 1 aromatic rings. The molecule has 18 heavy (non-hydrogen) atoms. The standard InChI is InChI=1S/C12H20N4O.HI/c1-9-10(2)17-11(15-9)8-14-12(13)16-6-4-3-5-7-16;/h3-8H2,1-2H3,(H2,13,14);1H. The normalized spacial score (nSPS) is 16.6. The van der Waals surface area contributed by atoms with Gasteiger partial charge in [0.05, 0.1) is 5.69 Å². The van der Waals surface area contributed by atoms with Crippen LogP contribution in [0.3, 0.4) is 0 Å². The number of aromatic nitrogens is 1. The highest BCUT2D eigenvalue weighted by molar-refractivity contribution is 14.0. The molecule has 1 aliphatic rings. The Morgan fingerprint density at radius 1 is 1.33 bits per heavy atom. The summed E-state index contributed by atoms with van der Waals surface area (Å²) in [5.74, 6) is 2.10. The van der Waals surface area contributed by atoms with Crippen LogP contribution in [-0.4, -0.2) is 28.9 Å². The Labute approximate surface area is 125 Å². The second-order valence-corrected chi connectivity index (χ2v) is 4.47. The van der Waals surface area contributed by atoms with E-state index in [1.165, 1.54) is 19.3 Å². The Balaban J connectivity index is 0.00000162. The summed E-state index contributed by atoms with van der Waals surface area (Å²) >= 11 is 0. The van der Waals surface area contributed by atoms with Crippen molar-refractivity contribution >= 4 is 29.9 Å². The molecule has 0 atom stereocenters. The van der Waals surface area contributed by atoms with Crippen LogP contribution in [-0.2, 0) is 6.54 Å². The van der Waals surface area contributed by atoms with E-state index in [9.17, 15) is 0 Å². The fourth-order valence-electron chi connectivity index (χ4n) is 1.98. The smallest absolute Gasteiger partial charge is 0.216 e. The predicted molar refractivity (Wildman–Crippen MR) is 82.1 cm³/mol. The predicted octanol–water partition coefficient (Wildman–Crippen LogP) is 2.21. The van der Waals surface area contributed by atoms with E-state index in [-0.39, 0.29) is 24.0 Å². The molecular formula is C12H21IN4O. The average molecular weight is 364 g/mol. The SMILES string of the molecule is Cc1nc(CN=C(N)N2CCCCC2)oc1C.I. The van der Waals surface area contributed by atoms with Gasteiger partial charge in [0, 0.05) is 13.1 Å². The summed E-state index contributed by atoms with van der Waals surface area (Å²) < 4.78 is 5.46. The first kappa shape index (κ1) is 15.3. The van der Waals surface area contributed by atoms with E-state index >= 15 is 0 Å². The summed E-state index contributed by atoms with van der Waals surface area (Å²) in [6.07, 6.45) is 3.70. The molecule has 2 rings (SSSR count). The molecule has 1 aliphatic heterocycles. The number of hydrogen-bond donors (Lipinski definition) is 1. The van der Waals surface area contributed by atoms with Gasteiger partial charge in [0.25, 0.3) is 0 Å².